The molecule has 0 atom stereocenters. The molecule has 9 heteroatoms. The number of rotatable bonds is 10. The molecule has 0 radical (unpaired) electrons. The molecular weight excluding hydrogens is 450 g/mol. The smallest absolute Gasteiger partial charge is 0.247 e. The molecule has 1 heterocycles. The van der Waals surface area contributed by atoms with Crippen molar-refractivity contribution in [3.05, 3.63) is 66.2 Å². The Bertz CT molecular complexity index is 1240. The van der Waals surface area contributed by atoms with Crippen molar-refractivity contribution in [2.75, 3.05) is 37.7 Å². The van der Waals surface area contributed by atoms with E-state index in [-0.39, 0.29) is 5.91 Å². The lowest BCUT2D eigenvalue weighted by Gasteiger charge is -2.14. The largest absolute Gasteiger partial charge is 0.493 e. The molecule has 0 bridgehead atoms. The van der Waals surface area contributed by atoms with Crippen LogP contribution in [-0.2, 0) is 11.2 Å². The first-order valence-corrected chi connectivity index (χ1v) is 11.6. The highest BCUT2D eigenvalue weighted by Crippen LogP contribution is 2.30. The van der Waals surface area contributed by atoms with Gasteiger partial charge in [0, 0.05) is 17.8 Å². The van der Waals surface area contributed by atoms with E-state index in [1.807, 2.05) is 30.5 Å². The zero-order chi connectivity index (χ0) is 24.5. The molecule has 0 unspecified atom stereocenters. The van der Waals surface area contributed by atoms with Crippen LogP contribution >= 0.6 is 11.8 Å². The average Bonchev–Trinajstić information content (AvgIpc) is 2.88. The Hall–Kier alpha value is -4.03. The summed E-state index contributed by atoms with van der Waals surface area (Å²) in [7, 11) is 3.20. The molecule has 8 nitrogen and oxygen atoms in total. The monoisotopic (exact) mass is 475 g/mol. The number of nitrogens with zero attached hydrogens (tertiary/aromatic N) is 3. The zero-order valence-electron chi connectivity index (χ0n) is 19.2. The maximum absolute atomic E-state index is 11.7. The molecule has 0 spiro atoms. The summed E-state index contributed by atoms with van der Waals surface area (Å²) < 4.78 is 10.7. The van der Waals surface area contributed by atoms with Crippen molar-refractivity contribution >= 4 is 29.2 Å². The third-order valence-electron chi connectivity index (χ3n) is 4.93. The fraction of sp³-hybridized carbons (Fsp3) is 0.200. The third kappa shape index (κ3) is 5.85. The minimum absolute atomic E-state index is 0.317. The summed E-state index contributed by atoms with van der Waals surface area (Å²) in [5.74, 6) is 1.47. The lowest BCUT2D eigenvalue weighted by atomic mass is 10.1. The van der Waals surface area contributed by atoms with Gasteiger partial charge in [-0.25, -0.2) is 9.97 Å². The van der Waals surface area contributed by atoms with Gasteiger partial charge >= 0.3 is 0 Å². The SMILES string of the molecule is C=CC(=O)Nc1cccc(-c2nc(SC)nc(NCCc3ccc(OC)c(OC)c3)c2C#N)c1. The molecule has 0 fully saturated rings. The summed E-state index contributed by atoms with van der Waals surface area (Å²) in [6.45, 7) is 4.01. The zero-order valence-corrected chi connectivity index (χ0v) is 20.0. The van der Waals surface area contributed by atoms with E-state index in [2.05, 4.69) is 33.2 Å². The number of ether oxygens (including phenoxy) is 2. The summed E-state index contributed by atoms with van der Waals surface area (Å²) in [6.07, 6.45) is 3.76. The van der Waals surface area contributed by atoms with Crippen LogP contribution in [0.25, 0.3) is 11.3 Å². The van der Waals surface area contributed by atoms with Crippen LogP contribution in [0.1, 0.15) is 11.1 Å². The van der Waals surface area contributed by atoms with E-state index in [0.29, 0.717) is 57.9 Å². The minimum atomic E-state index is -0.317. The predicted molar refractivity (Wildman–Crippen MR) is 135 cm³/mol. The second-order valence-corrected chi connectivity index (χ2v) is 7.81. The van der Waals surface area contributed by atoms with Crippen molar-refractivity contribution in [3.63, 3.8) is 0 Å². The third-order valence-corrected chi connectivity index (χ3v) is 5.47. The molecule has 0 aliphatic carbocycles. The molecule has 3 aromatic rings. The number of hydrogen-bond acceptors (Lipinski definition) is 8. The molecule has 0 saturated heterocycles. The topological polar surface area (TPSA) is 109 Å². The first-order chi connectivity index (χ1) is 16.5. The molecule has 0 saturated carbocycles. The number of aromatic nitrogens is 2. The Morgan fingerprint density at radius 3 is 2.65 bits per heavy atom. The van der Waals surface area contributed by atoms with Crippen LogP contribution in [-0.4, -0.2) is 42.9 Å². The number of nitriles is 1. The van der Waals surface area contributed by atoms with Crippen LogP contribution in [0.15, 0.2) is 60.3 Å². The number of carbonyl (C=O) groups is 1. The Morgan fingerprint density at radius 1 is 1.18 bits per heavy atom. The normalized spacial score (nSPS) is 10.2. The highest BCUT2D eigenvalue weighted by atomic mass is 32.2. The summed E-state index contributed by atoms with van der Waals surface area (Å²) in [5, 5.41) is 16.5. The number of anilines is 2. The Kier molecular flexibility index (Phi) is 8.48. The standard InChI is InChI=1S/C25H25N5O3S/c1-5-22(31)28-18-8-6-7-17(14-18)23-19(15-26)24(30-25(29-23)34-4)27-12-11-16-9-10-20(32-2)21(13-16)33-3/h5-10,13-14H,1,11-12H2,2-4H3,(H,28,31)(H,27,29,30). The van der Waals surface area contributed by atoms with Gasteiger partial charge in [-0.2, -0.15) is 5.26 Å². The van der Waals surface area contributed by atoms with Crippen molar-refractivity contribution in [1.82, 2.24) is 9.97 Å². The van der Waals surface area contributed by atoms with Gasteiger partial charge in [0.1, 0.15) is 17.5 Å². The Balaban J connectivity index is 1.87. The van der Waals surface area contributed by atoms with Gasteiger partial charge in [-0.3, -0.25) is 4.79 Å². The number of benzene rings is 2. The summed E-state index contributed by atoms with van der Waals surface area (Å²) in [4.78, 5) is 20.8. The minimum Gasteiger partial charge on any atom is -0.493 e. The molecule has 1 amide bonds. The van der Waals surface area contributed by atoms with Gasteiger partial charge in [-0.05, 0) is 48.6 Å². The Morgan fingerprint density at radius 2 is 1.97 bits per heavy atom. The average molecular weight is 476 g/mol. The Labute approximate surface area is 203 Å². The van der Waals surface area contributed by atoms with E-state index in [1.165, 1.54) is 17.8 Å². The van der Waals surface area contributed by atoms with Gasteiger partial charge in [0.05, 0.1) is 19.9 Å². The molecule has 174 valence electrons. The van der Waals surface area contributed by atoms with Crippen LogP contribution in [0.5, 0.6) is 11.5 Å². The van der Waals surface area contributed by atoms with Gasteiger partial charge < -0.3 is 20.1 Å². The van der Waals surface area contributed by atoms with Crippen LogP contribution in [0.2, 0.25) is 0 Å². The number of carbonyl (C=O) groups excluding carboxylic acids is 1. The highest BCUT2D eigenvalue weighted by molar-refractivity contribution is 7.98. The fourth-order valence-corrected chi connectivity index (χ4v) is 3.64. The number of thioether (sulfide) groups is 1. The predicted octanol–water partition coefficient (Wildman–Crippen LogP) is 4.53. The fourth-order valence-electron chi connectivity index (χ4n) is 3.27. The van der Waals surface area contributed by atoms with E-state index < -0.39 is 0 Å². The van der Waals surface area contributed by atoms with Gasteiger partial charge in [0.2, 0.25) is 5.91 Å². The number of hydrogen-bond donors (Lipinski definition) is 2. The quantitative estimate of drug-likeness (QED) is 0.250. The van der Waals surface area contributed by atoms with E-state index in [1.54, 1.807) is 32.4 Å². The summed E-state index contributed by atoms with van der Waals surface area (Å²) >= 11 is 1.38. The molecule has 34 heavy (non-hydrogen) atoms. The first-order valence-electron chi connectivity index (χ1n) is 10.4. The van der Waals surface area contributed by atoms with Crippen molar-refractivity contribution in [2.45, 2.75) is 11.6 Å². The maximum atomic E-state index is 11.7. The lowest BCUT2D eigenvalue weighted by Crippen LogP contribution is -2.11. The number of methoxy groups -OCH3 is 2. The molecule has 0 aliphatic rings. The number of nitrogens with one attached hydrogen (secondary N) is 2. The van der Waals surface area contributed by atoms with Crippen molar-refractivity contribution in [3.8, 4) is 28.8 Å². The maximum Gasteiger partial charge on any atom is 0.247 e. The van der Waals surface area contributed by atoms with Crippen LogP contribution in [0.4, 0.5) is 11.5 Å². The van der Waals surface area contributed by atoms with Crippen LogP contribution in [0, 0.1) is 11.3 Å². The first kappa shape index (κ1) is 24.6. The van der Waals surface area contributed by atoms with Gasteiger partial charge in [0.15, 0.2) is 16.7 Å². The van der Waals surface area contributed by atoms with E-state index in [9.17, 15) is 10.1 Å². The lowest BCUT2D eigenvalue weighted by molar-refractivity contribution is -0.111. The van der Waals surface area contributed by atoms with E-state index in [0.717, 1.165) is 5.56 Å². The summed E-state index contributed by atoms with van der Waals surface area (Å²) in [5.41, 5.74) is 3.15. The molecule has 2 aromatic carbocycles. The van der Waals surface area contributed by atoms with Crippen molar-refractivity contribution < 1.29 is 14.3 Å². The molecule has 3 rings (SSSR count). The second kappa shape index (κ2) is 11.7. The van der Waals surface area contributed by atoms with E-state index in [4.69, 9.17) is 9.47 Å². The van der Waals surface area contributed by atoms with Crippen LogP contribution < -0.4 is 20.1 Å². The molecule has 0 aliphatic heterocycles. The number of amides is 1. The van der Waals surface area contributed by atoms with Crippen molar-refractivity contribution in [2.24, 2.45) is 0 Å². The highest BCUT2D eigenvalue weighted by Gasteiger charge is 2.16. The van der Waals surface area contributed by atoms with E-state index >= 15 is 0 Å². The second-order valence-electron chi connectivity index (χ2n) is 7.03. The van der Waals surface area contributed by atoms with Gasteiger partial charge in [-0.15, -0.1) is 0 Å². The van der Waals surface area contributed by atoms with Crippen LogP contribution in [0.3, 0.4) is 0 Å². The van der Waals surface area contributed by atoms with Crippen molar-refractivity contribution in [1.29, 1.82) is 5.26 Å². The summed E-state index contributed by atoms with van der Waals surface area (Å²) in [6, 6.07) is 15.1. The molecular formula is C25H25N5O3S. The molecule has 2 N–H and O–H groups in total. The van der Waals surface area contributed by atoms with Gasteiger partial charge in [-0.1, -0.05) is 36.5 Å². The molecule has 1 aromatic heterocycles. The van der Waals surface area contributed by atoms with Gasteiger partial charge in [0.25, 0.3) is 0 Å².